The molecule has 18 heavy (non-hydrogen) atoms. The van der Waals surface area contributed by atoms with Crippen molar-refractivity contribution in [1.82, 2.24) is 5.32 Å². The Morgan fingerprint density at radius 3 is 2.33 bits per heavy atom. The highest BCUT2D eigenvalue weighted by Gasteiger charge is 2.26. The first kappa shape index (κ1) is 16.4. The largest absolute Gasteiger partial charge is 0.313 e. The Labute approximate surface area is 119 Å². The number of thioether (sulfide) groups is 1. The summed E-state index contributed by atoms with van der Waals surface area (Å²) in [5.74, 6) is 4.63. The topological polar surface area (TPSA) is 12.0 Å². The van der Waals surface area contributed by atoms with Crippen molar-refractivity contribution in [3.63, 3.8) is 0 Å². The molecule has 0 saturated heterocycles. The van der Waals surface area contributed by atoms with Crippen LogP contribution in [0.5, 0.6) is 0 Å². The van der Waals surface area contributed by atoms with E-state index in [9.17, 15) is 0 Å². The van der Waals surface area contributed by atoms with E-state index in [-0.39, 0.29) is 0 Å². The van der Waals surface area contributed by atoms with Gasteiger partial charge in [0.2, 0.25) is 0 Å². The molecule has 1 nitrogen and oxygen atoms in total. The van der Waals surface area contributed by atoms with Crippen LogP contribution in [0, 0.1) is 11.8 Å². The van der Waals surface area contributed by atoms with Gasteiger partial charge in [0.15, 0.2) is 0 Å². The Bertz CT molecular complexity index is 188. The van der Waals surface area contributed by atoms with Gasteiger partial charge in [-0.1, -0.05) is 40.0 Å². The van der Waals surface area contributed by atoms with Crippen LogP contribution >= 0.6 is 11.8 Å². The van der Waals surface area contributed by atoms with Crippen LogP contribution < -0.4 is 5.32 Å². The van der Waals surface area contributed by atoms with E-state index in [4.69, 9.17) is 0 Å². The van der Waals surface area contributed by atoms with E-state index < -0.39 is 0 Å². The van der Waals surface area contributed by atoms with Crippen molar-refractivity contribution in [2.75, 3.05) is 18.1 Å². The van der Waals surface area contributed by atoms with Crippen LogP contribution in [-0.4, -0.2) is 24.1 Å². The van der Waals surface area contributed by atoms with Gasteiger partial charge >= 0.3 is 0 Å². The second kappa shape index (κ2) is 10.1. The van der Waals surface area contributed by atoms with Gasteiger partial charge in [-0.15, -0.1) is 0 Å². The van der Waals surface area contributed by atoms with Crippen molar-refractivity contribution in [3.05, 3.63) is 0 Å². The Balaban J connectivity index is 2.33. The highest BCUT2D eigenvalue weighted by Crippen LogP contribution is 2.33. The van der Waals surface area contributed by atoms with E-state index in [1.165, 1.54) is 63.0 Å². The zero-order valence-electron chi connectivity index (χ0n) is 12.7. The molecule has 1 rings (SSSR count). The maximum Gasteiger partial charge on any atom is 0.0186 e. The summed E-state index contributed by atoms with van der Waals surface area (Å²) in [5.41, 5.74) is 0. The van der Waals surface area contributed by atoms with Gasteiger partial charge in [-0.3, -0.25) is 0 Å². The van der Waals surface area contributed by atoms with Crippen LogP contribution in [0.2, 0.25) is 0 Å². The molecule has 2 heteroatoms. The van der Waals surface area contributed by atoms with Crippen LogP contribution in [0.4, 0.5) is 0 Å². The normalized spacial score (nSPS) is 26.2. The Kier molecular flexibility index (Phi) is 9.22. The number of hydrogen-bond acceptors (Lipinski definition) is 2. The smallest absolute Gasteiger partial charge is 0.0186 e. The fourth-order valence-corrected chi connectivity index (χ4v) is 4.14. The van der Waals surface area contributed by atoms with Crippen molar-refractivity contribution in [3.8, 4) is 0 Å². The number of rotatable bonds is 9. The van der Waals surface area contributed by atoms with Gasteiger partial charge in [0.05, 0.1) is 0 Å². The minimum absolute atomic E-state index is 0.777. The Hall–Kier alpha value is 0.310. The third-order valence-electron chi connectivity index (χ3n) is 4.34. The highest BCUT2D eigenvalue weighted by atomic mass is 32.2. The summed E-state index contributed by atoms with van der Waals surface area (Å²) in [6, 6.07) is 0.777. The van der Waals surface area contributed by atoms with Crippen molar-refractivity contribution in [1.29, 1.82) is 0 Å². The predicted molar refractivity (Wildman–Crippen MR) is 85.4 cm³/mol. The molecule has 1 N–H and O–H groups in total. The SMILES string of the molecule is CCCNC(CSCCC)C1CCC(CC)CC1. The molecule has 0 heterocycles. The van der Waals surface area contributed by atoms with Gasteiger partial charge in [-0.25, -0.2) is 0 Å². The average molecular weight is 272 g/mol. The summed E-state index contributed by atoms with van der Waals surface area (Å²) in [5, 5.41) is 3.81. The van der Waals surface area contributed by atoms with Gasteiger partial charge in [0.25, 0.3) is 0 Å². The molecule has 0 aromatic heterocycles. The van der Waals surface area contributed by atoms with Gasteiger partial charge in [-0.2, -0.15) is 11.8 Å². The molecule has 1 aliphatic carbocycles. The van der Waals surface area contributed by atoms with E-state index in [0.29, 0.717) is 0 Å². The second-order valence-electron chi connectivity index (χ2n) is 5.82. The lowest BCUT2D eigenvalue weighted by Gasteiger charge is -2.34. The maximum atomic E-state index is 3.81. The fourth-order valence-electron chi connectivity index (χ4n) is 3.04. The van der Waals surface area contributed by atoms with E-state index in [2.05, 4.69) is 37.8 Å². The molecule has 0 aromatic rings. The lowest BCUT2D eigenvalue weighted by molar-refractivity contribution is 0.228. The van der Waals surface area contributed by atoms with E-state index in [0.717, 1.165) is 17.9 Å². The van der Waals surface area contributed by atoms with Gasteiger partial charge in [0, 0.05) is 11.8 Å². The molecule has 1 saturated carbocycles. The maximum absolute atomic E-state index is 3.81. The van der Waals surface area contributed by atoms with Crippen molar-refractivity contribution >= 4 is 11.8 Å². The molecule has 1 aliphatic rings. The van der Waals surface area contributed by atoms with Crippen molar-refractivity contribution < 1.29 is 0 Å². The molecule has 1 fully saturated rings. The van der Waals surface area contributed by atoms with Gasteiger partial charge in [-0.05, 0) is 49.8 Å². The van der Waals surface area contributed by atoms with E-state index in [1.54, 1.807) is 0 Å². The van der Waals surface area contributed by atoms with Crippen LogP contribution in [0.1, 0.15) is 65.7 Å². The molecule has 0 spiro atoms. The average Bonchev–Trinajstić information content (AvgIpc) is 2.43. The second-order valence-corrected chi connectivity index (χ2v) is 6.97. The van der Waals surface area contributed by atoms with Gasteiger partial charge < -0.3 is 5.32 Å². The third-order valence-corrected chi connectivity index (χ3v) is 5.63. The lowest BCUT2D eigenvalue weighted by Crippen LogP contribution is -2.40. The number of hydrogen-bond donors (Lipinski definition) is 1. The summed E-state index contributed by atoms with van der Waals surface area (Å²) < 4.78 is 0. The molecular formula is C16H33NS. The Morgan fingerprint density at radius 2 is 1.78 bits per heavy atom. The minimum Gasteiger partial charge on any atom is -0.313 e. The summed E-state index contributed by atoms with van der Waals surface area (Å²) >= 11 is 2.15. The summed E-state index contributed by atoms with van der Waals surface area (Å²) in [6.07, 6.45) is 9.85. The standard InChI is InChI=1S/C16H33NS/c1-4-11-17-16(13-18-12-5-2)15-9-7-14(6-3)8-10-15/h14-17H,4-13H2,1-3H3. The molecule has 0 bridgehead atoms. The van der Waals surface area contributed by atoms with E-state index >= 15 is 0 Å². The lowest BCUT2D eigenvalue weighted by atomic mass is 9.78. The molecule has 1 atom stereocenters. The zero-order valence-corrected chi connectivity index (χ0v) is 13.5. The van der Waals surface area contributed by atoms with Crippen molar-refractivity contribution in [2.45, 2.75) is 71.8 Å². The Morgan fingerprint density at radius 1 is 1.06 bits per heavy atom. The molecular weight excluding hydrogens is 238 g/mol. The van der Waals surface area contributed by atoms with Crippen LogP contribution in [0.3, 0.4) is 0 Å². The van der Waals surface area contributed by atoms with Gasteiger partial charge in [0.1, 0.15) is 0 Å². The molecule has 1 unspecified atom stereocenters. The first-order valence-corrected chi connectivity index (χ1v) is 9.28. The zero-order chi connectivity index (χ0) is 13.2. The van der Waals surface area contributed by atoms with E-state index in [1.807, 2.05) is 0 Å². The number of nitrogens with one attached hydrogen (secondary N) is 1. The van der Waals surface area contributed by atoms with Crippen LogP contribution in [-0.2, 0) is 0 Å². The fraction of sp³-hybridized carbons (Fsp3) is 1.00. The molecule has 0 amide bonds. The monoisotopic (exact) mass is 271 g/mol. The van der Waals surface area contributed by atoms with Crippen LogP contribution in [0.25, 0.3) is 0 Å². The first-order chi connectivity index (χ1) is 8.81. The van der Waals surface area contributed by atoms with Crippen LogP contribution in [0.15, 0.2) is 0 Å². The quantitative estimate of drug-likeness (QED) is 0.609. The van der Waals surface area contributed by atoms with Crippen molar-refractivity contribution in [2.24, 2.45) is 11.8 Å². The molecule has 0 radical (unpaired) electrons. The molecule has 108 valence electrons. The summed E-state index contributed by atoms with van der Waals surface area (Å²) in [6.45, 7) is 8.12. The summed E-state index contributed by atoms with van der Waals surface area (Å²) in [4.78, 5) is 0. The molecule has 0 aromatic carbocycles. The highest BCUT2D eigenvalue weighted by molar-refractivity contribution is 7.99. The molecule has 0 aliphatic heterocycles. The minimum atomic E-state index is 0.777. The first-order valence-electron chi connectivity index (χ1n) is 8.12. The summed E-state index contributed by atoms with van der Waals surface area (Å²) in [7, 11) is 0. The third kappa shape index (κ3) is 5.97. The predicted octanol–water partition coefficient (Wildman–Crippen LogP) is 4.71.